The van der Waals surface area contributed by atoms with E-state index >= 15 is 0 Å². The molecule has 0 aromatic carbocycles. The van der Waals surface area contributed by atoms with Gasteiger partial charge >= 0.3 is 0 Å². The fourth-order valence-corrected chi connectivity index (χ4v) is 0.283. The van der Waals surface area contributed by atoms with Gasteiger partial charge in [0.25, 0.3) is 0 Å². The number of rotatable bonds is 2. The smallest absolute Gasteiger partial charge is 0.0804 e. The minimum atomic E-state index is -0.128. The number of hydrogen-bond acceptors (Lipinski definition) is 0. The molecule has 0 N–H and O–H groups in total. The first kappa shape index (κ1) is 5.15. The quantitative estimate of drug-likeness (QED) is 0.445. The van der Waals surface area contributed by atoms with Gasteiger partial charge in [-0.05, 0) is 0 Å². The molecule has 0 saturated heterocycles. The van der Waals surface area contributed by atoms with Crippen LogP contribution in [0.15, 0.2) is 0 Å². The van der Waals surface area contributed by atoms with E-state index in [1.165, 1.54) is 0 Å². The molecule has 2 radical (unpaired) electrons. The Hall–Kier alpha value is 0.147. The summed E-state index contributed by atoms with van der Waals surface area (Å²) >= 11 is 0. The van der Waals surface area contributed by atoms with Crippen LogP contribution in [-0.4, -0.2) is 15.8 Å². The summed E-state index contributed by atoms with van der Waals surface area (Å²) in [5.41, 5.74) is 0. The van der Waals surface area contributed by atoms with Gasteiger partial charge in [-0.1, -0.05) is 13.0 Å². The number of alkyl halides is 1. The average molecular weight is 90.2 g/mol. The molecule has 5 heavy (non-hydrogen) atoms. The van der Waals surface area contributed by atoms with Gasteiger partial charge < -0.3 is 0 Å². The molecule has 0 heterocycles. The van der Waals surface area contributed by atoms with Gasteiger partial charge in [0.1, 0.15) is 0 Å². The van der Waals surface area contributed by atoms with Crippen molar-refractivity contribution in [1.29, 1.82) is 0 Å². The van der Waals surface area contributed by atoms with Crippen molar-refractivity contribution in [3.63, 3.8) is 0 Å². The van der Waals surface area contributed by atoms with E-state index in [1.54, 1.807) is 0 Å². The molecule has 0 rings (SSSR count). The highest BCUT2D eigenvalue weighted by Crippen LogP contribution is 1.70. The van der Waals surface area contributed by atoms with Crippen molar-refractivity contribution in [1.82, 2.24) is 0 Å². The van der Waals surface area contributed by atoms with Gasteiger partial charge in [-0.15, -0.1) is 0 Å². The zero-order valence-corrected chi connectivity index (χ0v) is 4.29. The molecule has 0 fully saturated rings. The predicted molar refractivity (Wildman–Crippen MR) is 22.2 cm³/mol. The van der Waals surface area contributed by atoms with Crippen LogP contribution in [0.2, 0.25) is 6.04 Å². The zero-order valence-electron chi connectivity index (χ0n) is 3.29. The second-order valence-corrected chi connectivity index (χ2v) is 2.21. The van der Waals surface area contributed by atoms with E-state index in [2.05, 4.69) is 0 Å². The summed E-state index contributed by atoms with van der Waals surface area (Å²) in [7, 11) is 0.531. The van der Waals surface area contributed by atoms with Crippen molar-refractivity contribution in [3.05, 3.63) is 0 Å². The highest BCUT2D eigenvalue weighted by atomic mass is 28.2. The molecule has 0 saturated carbocycles. The van der Waals surface area contributed by atoms with Crippen LogP contribution in [0.1, 0.15) is 6.92 Å². The maximum absolute atomic E-state index is 11.0. The lowest BCUT2D eigenvalue weighted by molar-refractivity contribution is 0.593. The zero-order chi connectivity index (χ0) is 4.12. The van der Waals surface area contributed by atoms with Gasteiger partial charge in [-0.2, -0.15) is 0 Å². The van der Waals surface area contributed by atoms with Crippen molar-refractivity contribution < 1.29 is 4.39 Å². The van der Waals surface area contributed by atoms with Crippen molar-refractivity contribution in [2.24, 2.45) is 0 Å². The fourth-order valence-electron chi connectivity index (χ4n) is 0.0945. The molecular formula is C3H7FSi. The highest BCUT2D eigenvalue weighted by Gasteiger charge is 1.74. The van der Waals surface area contributed by atoms with E-state index < -0.39 is 0 Å². The fraction of sp³-hybridized carbons (Fsp3) is 1.00. The molecule has 0 aliphatic carbocycles. The van der Waals surface area contributed by atoms with Crippen LogP contribution in [0.5, 0.6) is 0 Å². The Morgan fingerprint density at radius 2 is 2.40 bits per heavy atom. The summed E-state index contributed by atoms with van der Waals surface area (Å²) < 4.78 is 11.0. The second kappa shape index (κ2) is 4.15. The maximum Gasteiger partial charge on any atom is 0.0804 e. The summed E-state index contributed by atoms with van der Waals surface area (Å²) in [5.74, 6) is 0. The lowest BCUT2D eigenvalue weighted by atomic mass is 11.0. The third kappa shape index (κ3) is 4.15. The Kier molecular flexibility index (Phi) is 4.27. The highest BCUT2D eigenvalue weighted by molar-refractivity contribution is 6.34. The Morgan fingerprint density at radius 1 is 1.80 bits per heavy atom. The van der Waals surface area contributed by atoms with E-state index in [0.29, 0.717) is 9.52 Å². The molecule has 0 nitrogen and oxygen atoms in total. The van der Waals surface area contributed by atoms with Gasteiger partial charge in [-0.3, -0.25) is 4.39 Å². The van der Waals surface area contributed by atoms with Gasteiger partial charge in [0.2, 0.25) is 0 Å². The summed E-state index contributed by atoms with van der Waals surface area (Å²) in [4.78, 5) is 0. The lowest BCUT2D eigenvalue weighted by Gasteiger charge is -1.73. The molecule has 2 heteroatoms. The Labute approximate surface area is 34.2 Å². The predicted octanol–water partition coefficient (Wildman–Crippen LogP) is 1.06. The van der Waals surface area contributed by atoms with Crippen molar-refractivity contribution >= 4 is 9.52 Å². The molecule has 0 amide bonds. The minimum Gasteiger partial charge on any atom is -0.256 e. The van der Waals surface area contributed by atoms with Gasteiger partial charge in [0.05, 0.1) is 15.8 Å². The maximum atomic E-state index is 11.0. The van der Waals surface area contributed by atoms with Gasteiger partial charge in [-0.25, -0.2) is 0 Å². The minimum absolute atomic E-state index is 0.128. The molecule has 0 aromatic rings. The van der Waals surface area contributed by atoms with Crippen molar-refractivity contribution in [2.45, 2.75) is 13.0 Å². The van der Waals surface area contributed by atoms with Crippen LogP contribution in [0, 0.1) is 0 Å². The van der Waals surface area contributed by atoms with Crippen LogP contribution in [0.4, 0.5) is 4.39 Å². The Balaban J connectivity index is 2.19. The van der Waals surface area contributed by atoms with Crippen LogP contribution in [-0.2, 0) is 0 Å². The lowest BCUT2D eigenvalue weighted by Crippen LogP contribution is -1.85. The van der Waals surface area contributed by atoms with Crippen LogP contribution >= 0.6 is 0 Å². The van der Waals surface area contributed by atoms with E-state index in [0.717, 1.165) is 6.04 Å². The second-order valence-electron chi connectivity index (χ2n) is 0.737. The standard InChI is InChI=1S/C3H7FSi/c1-2-5-3-4/h2-3H2,1H3. The van der Waals surface area contributed by atoms with Crippen LogP contribution in [0.3, 0.4) is 0 Å². The van der Waals surface area contributed by atoms with Gasteiger partial charge in [0, 0.05) is 0 Å². The summed E-state index contributed by atoms with van der Waals surface area (Å²) in [6.45, 7) is 1.98. The number of hydrogen-bond donors (Lipinski definition) is 0. The first-order valence-corrected chi connectivity index (χ1v) is 3.10. The largest absolute Gasteiger partial charge is 0.256 e. The van der Waals surface area contributed by atoms with Crippen molar-refractivity contribution in [3.8, 4) is 0 Å². The van der Waals surface area contributed by atoms with Gasteiger partial charge in [0.15, 0.2) is 0 Å². The van der Waals surface area contributed by atoms with Crippen molar-refractivity contribution in [2.75, 3.05) is 6.30 Å². The molecular weight excluding hydrogens is 83.1 g/mol. The normalized spacial score (nSPS) is 8.40. The Bertz CT molecular complexity index is 14.4. The first-order chi connectivity index (χ1) is 2.41. The molecule has 30 valence electrons. The first-order valence-electron chi connectivity index (χ1n) is 1.68. The summed E-state index contributed by atoms with van der Waals surface area (Å²) in [5, 5.41) is 0. The van der Waals surface area contributed by atoms with E-state index in [-0.39, 0.29) is 6.30 Å². The molecule has 0 spiro atoms. The summed E-state index contributed by atoms with van der Waals surface area (Å²) in [6.07, 6.45) is -0.128. The van der Waals surface area contributed by atoms with E-state index in [4.69, 9.17) is 0 Å². The molecule has 0 aromatic heterocycles. The molecule has 0 aliphatic heterocycles. The molecule has 0 atom stereocenters. The Morgan fingerprint density at radius 3 is 2.40 bits per heavy atom. The van der Waals surface area contributed by atoms with E-state index in [1.807, 2.05) is 6.92 Å². The molecule has 0 aliphatic rings. The third-order valence-electron chi connectivity index (χ3n) is 0.344. The third-order valence-corrected chi connectivity index (χ3v) is 1.03. The SMILES string of the molecule is CC[Si]CF. The monoisotopic (exact) mass is 90.0 g/mol. The number of halogens is 1. The topological polar surface area (TPSA) is 0 Å². The molecule has 0 bridgehead atoms. The molecule has 0 unspecified atom stereocenters. The van der Waals surface area contributed by atoms with Crippen LogP contribution < -0.4 is 0 Å². The van der Waals surface area contributed by atoms with E-state index in [9.17, 15) is 4.39 Å². The average Bonchev–Trinajstić information content (AvgIpc) is 1.41. The van der Waals surface area contributed by atoms with Crippen LogP contribution in [0.25, 0.3) is 0 Å². The summed E-state index contributed by atoms with van der Waals surface area (Å²) in [6, 6.07) is 0.997.